The van der Waals surface area contributed by atoms with Crippen LogP contribution in [0.25, 0.3) is 10.9 Å². The molecule has 1 saturated heterocycles. The van der Waals surface area contributed by atoms with E-state index < -0.39 is 0 Å². The molecule has 2 amide bonds. The third-order valence-electron chi connectivity index (χ3n) is 5.18. The van der Waals surface area contributed by atoms with E-state index in [9.17, 15) is 9.59 Å². The lowest BCUT2D eigenvalue weighted by Gasteiger charge is -2.10. The molecular weight excluding hydrogens is 370 g/mol. The van der Waals surface area contributed by atoms with E-state index in [0.717, 1.165) is 35.9 Å². The van der Waals surface area contributed by atoms with Crippen molar-refractivity contribution >= 4 is 28.4 Å². The number of anilines is 1. The number of carbonyl (C=O) groups is 2. The van der Waals surface area contributed by atoms with E-state index in [4.69, 9.17) is 4.74 Å². The maximum atomic E-state index is 12.7. The molecule has 0 radical (unpaired) electrons. The number of amides is 2. The van der Waals surface area contributed by atoms with Crippen LogP contribution in [-0.4, -0.2) is 45.4 Å². The summed E-state index contributed by atoms with van der Waals surface area (Å²) >= 11 is 0. The smallest absolute Gasteiger partial charge is 0.272 e. The number of carbonyl (C=O) groups excluding carboxylic acids is 2. The number of aromatic nitrogens is 3. The van der Waals surface area contributed by atoms with Gasteiger partial charge in [-0.1, -0.05) is 11.6 Å². The lowest BCUT2D eigenvalue weighted by molar-refractivity contribution is -0.122. The average Bonchev–Trinajstić information content (AvgIpc) is 3.41. The lowest BCUT2D eigenvalue weighted by Crippen LogP contribution is -2.34. The largest absolute Gasteiger partial charge is 0.376 e. The molecule has 1 aromatic carbocycles. The molecule has 1 aliphatic heterocycles. The van der Waals surface area contributed by atoms with Gasteiger partial charge in [0, 0.05) is 37.3 Å². The molecule has 8 nitrogen and oxygen atoms in total. The topological polar surface area (TPSA) is 90.2 Å². The van der Waals surface area contributed by atoms with Crippen LogP contribution in [-0.2, 0) is 23.1 Å². The van der Waals surface area contributed by atoms with Crippen molar-refractivity contribution in [2.45, 2.75) is 32.4 Å². The summed E-state index contributed by atoms with van der Waals surface area (Å²) in [6.07, 6.45) is 5.32. The molecule has 4 rings (SSSR count). The number of ether oxygens (including phenoxy) is 1. The third kappa shape index (κ3) is 4.32. The molecule has 0 spiro atoms. The van der Waals surface area contributed by atoms with Crippen molar-refractivity contribution in [2.75, 3.05) is 18.5 Å². The summed E-state index contributed by atoms with van der Waals surface area (Å²) in [5.41, 5.74) is 3.25. The van der Waals surface area contributed by atoms with Gasteiger partial charge in [0.05, 0.1) is 18.0 Å². The molecule has 0 bridgehead atoms. The van der Waals surface area contributed by atoms with Gasteiger partial charge >= 0.3 is 0 Å². The number of benzene rings is 1. The standard InChI is InChI=1S/C21H25N5O3/c1-14-5-6-18-15(8-14)9-19(25(18)2)21(28)24-16-10-23-26(12-16)13-20(27)22-11-17-4-3-7-29-17/h5-6,8-10,12,17H,3-4,7,11,13H2,1-2H3,(H,22,27)(H,24,28). The molecule has 1 atom stereocenters. The minimum absolute atomic E-state index is 0.0932. The van der Waals surface area contributed by atoms with Crippen molar-refractivity contribution < 1.29 is 14.3 Å². The number of fused-ring (bicyclic) bond motifs is 1. The lowest BCUT2D eigenvalue weighted by atomic mass is 10.2. The fraction of sp³-hybridized carbons (Fsp3) is 0.381. The highest BCUT2D eigenvalue weighted by molar-refractivity contribution is 6.06. The maximum absolute atomic E-state index is 12.7. The van der Waals surface area contributed by atoms with Crippen LogP contribution in [0.4, 0.5) is 5.69 Å². The summed E-state index contributed by atoms with van der Waals surface area (Å²) in [4.78, 5) is 24.8. The summed E-state index contributed by atoms with van der Waals surface area (Å²) in [7, 11) is 1.87. The van der Waals surface area contributed by atoms with E-state index >= 15 is 0 Å². The van der Waals surface area contributed by atoms with Gasteiger partial charge in [-0.2, -0.15) is 5.10 Å². The van der Waals surface area contributed by atoms with Gasteiger partial charge in [-0.3, -0.25) is 14.3 Å². The van der Waals surface area contributed by atoms with E-state index in [0.29, 0.717) is 17.9 Å². The number of hydrogen-bond acceptors (Lipinski definition) is 4. The monoisotopic (exact) mass is 395 g/mol. The van der Waals surface area contributed by atoms with Gasteiger partial charge < -0.3 is 19.9 Å². The van der Waals surface area contributed by atoms with Gasteiger partial charge in [0.1, 0.15) is 12.2 Å². The number of nitrogens with one attached hydrogen (secondary N) is 2. The normalized spacial score (nSPS) is 16.3. The molecule has 1 unspecified atom stereocenters. The first kappa shape index (κ1) is 19.2. The predicted octanol–water partition coefficient (Wildman–Crippen LogP) is 2.23. The van der Waals surface area contributed by atoms with Crippen LogP contribution in [0.15, 0.2) is 36.7 Å². The molecule has 0 aliphatic carbocycles. The van der Waals surface area contributed by atoms with Crippen molar-refractivity contribution in [3.63, 3.8) is 0 Å². The fourth-order valence-corrected chi connectivity index (χ4v) is 3.63. The van der Waals surface area contributed by atoms with E-state index in [-0.39, 0.29) is 24.5 Å². The first-order valence-electron chi connectivity index (χ1n) is 9.78. The number of aryl methyl sites for hydroxylation is 2. The summed E-state index contributed by atoms with van der Waals surface area (Å²) in [5.74, 6) is -0.353. The second kappa shape index (κ2) is 8.08. The van der Waals surface area contributed by atoms with Crippen LogP contribution < -0.4 is 10.6 Å². The summed E-state index contributed by atoms with van der Waals surface area (Å²) in [6, 6.07) is 7.96. The highest BCUT2D eigenvalue weighted by atomic mass is 16.5. The van der Waals surface area contributed by atoms with Gasteiger partial charge in [0.15, 0.2) is 0 Å². The molecule has 3 heterocycles. The van der Waals surface area contributed by atoms with Crippen LogP contribution in [0, 0.1) is 6.92 Å². The fourth-order valence-electron chi connectivity index (χ4n) is 3.63. The van der Waals surface area contributed by atoms with Crippen LogP contribution in [0.5, 0.6) is 0 Å². The molecule has 2 N–H and O–H groups in total. The van der Waals surface area contributed by atoms with Crippen molar-refractivity contribution in [3.8, 4) is 0 Å². The van der Waals surface area contributed by atoms with Crippen LogP contribution >= 0.6 is 0 Å². The molecule has 152 valence electrons. The van der Waals surface area contributed by atoms with Crippen molar-refractivity contribution in [2.24, 2.45) is 7.05 Å². The Morgan fingerprint density at radius 2 is 2.17 bits per heavy atom. The van der Waals surface area contributed by atoms with E-state index in [2.05, 4.69) is 21.8 Å². The van der Waals surface area contributed by atoms with Gasteiger partial charge in [0.25, 0.3) is 5.91 Å². The molecule has 29 heavy (non-hydrogen) atoms. The van der Waals surface area contributed by atoms with Gasteiger partial charge in [-0.25, -0.2) is 0 Å². The predicted molar refractivity (Wildman–Crippen MR) is 110 cm³/mol. The molecule has 1 aliphatic rings. The van der Waals surface area contributed by atoms with E-state index in [1.165, 1.54) is 10.9 Å². The summed E-state index contributed by atoms with van der Waals surface area (Å²) < 4.78 is 8.87. The highest BCUT2D eigenvalue weighted by Gasteiger charge is 2.17. The first-order chi connectivity index (χ1) is 14.0. The zero-order chi connectivity index (χ0) is 20.4. The Labute approximate surface area is 168 Å². The van der Waals surface area contributed by atoms with Crippen LogP contribution in [0.3, 0.4) is 0 Å². The maximum Gasteiger partial charge on any atom is 0.272 e. The number of rotatable bonds is 6. The van der Waals surface area contributed by atoms with Crippen molar-refractivity contribution in [1.82, 2.24) is 19.7 Å². The first-order valence-corrected chi connectivity index (χ1v) is 9.78. The van der Waals surface area contributed by atoms with Gasteiger partial charge in [-0.05, 0) is 38.0 Å². The Kier molecular flexibility index (Phi) is 5.35. The van der Waals surface area contributed by atoms with Crippen molar-refractivity contribution in [1.29, 1.82) is 0 Å². The highest BCUT2D eigenvalue weighted by Crippen LogP contribution is 2.21. The van der Waals surface area contributed by atoms with Crippen LogP contribution in [0.2, 0.25) is 0 Å². The zero-order valence-corrected chi connectivity index (χ0v) is 16.6. The molecule has 1 fully saturated rings. The Morgan fingerprint density at radius 1 is 1.31 bits per heavy atom. The Morgan fingerprint density at radius 3 is 2.97 bits per heavy atom. The molecule has 2 aromatic heterocycles. The van der Waals surface area contributed by atoms with E-state index in [1.807, 2.05) is 36.7 Å². The van der Waals surface area contributed by atoms with Crippen molar-refractivity contribution in [3.05, 3.63) is 47.9 Å². The van der Waals surface area contributed by atoms with Gasteiger partial charge in [0.2, 0.25) is 5.91 Å². The van der Waals surface area contributed by atoms with Gasteiger partial charge in [-0.15, -0.1) is 0 Å². The Bertz CT molecular complexity index is 1050. The third-order valence-corrected chi connectivity index (χ3v) is 5.18. The second-order valence-corrected chi connectivity index (χ2v) is 7.47. The minimum atomic E-state index is -0.219. The molecule has 8 heteroatoms. The van der Waals surface area contributed by atoms with Crippen LogP contribution in [0.1, 0.15) is 28.9 Å². The Balaban J connectivity index is 1.36. The zero-order valence-electron chi connectivity index (χ0n) is 16.6. The average molecular weight is 395 g/mol. The Hall–Kier alpha value is -3.13. The minimum Gasteiger partial charge on any atom is -0.376 e. The number of hydrogen-bond donors (Lipinski definition) is 2. The molecule has 3 aromatic rings. The molecule has 0 saturated carbocycles. The molecular formula is C21H25N5O3. The second-order valence-electron chi connectivity index (χ2n) is 7.47. The number of nitrogens with zero attached hydrogens (tertiary/aromatic N) is 3. The van der Waals surface area contributed by atoms with E-state index in [1.54, 1.807) is 6.20 Å². The quantitative estimate of drug-likeness (QED) is 0.670. The SMILES string of the molecule is Cc1ccc2c(c1)cc(C(=O)Nc1cnn(CC(=O)NCC3CCCO3)c1)n2C. The summed E-state index contributed by atoms with van der Waals surface area (Å²) in [6.45, 7) is 3.40. The summed E-state index contributed by atoms with van der Waals surface area (Å²) in [5, 5.41) is 10.9.